The summed E-state index contributed by atoms with van der Waals surface area (Å²) in [7, 11) is 1.25. The summed E-state index contributed by atoms with van der Waals surface area (Å²) in [6, 6.07) is 0. The molecule has 2 unspecified atom stereocenters. The number of ether oxygens (including phenoxy) is 4. The third kappa shape index (κ3) is 2.67. The zero-order chi connectivity index (χ0) is 8.97. The van der Waals surface area contributed by atoms with Crippen LogP contribution in [0.3, 0.4) is 0 Å². The van der Waals surface area contributed by atoms with Crippen LogP contribution in [0.5, 0.6) is 0 Å². The van der Waals surface area contributed by atoms with Crippen molar-refractivity contribution < 1.29 is 23.7 Å². The Labute approximate surface area is 70.5 Å². The number of carbonyl (C=O) groups is 1. The fourth-order valence-electron chi connectivity index (χ4n) is 0.863. The van der Waals surface area contributed by atoms with E-state index < -0.39 is 12.4 Å². The molecular formula is C7H12O5. The Bertz CT molecular complexity index is 158. The lowest BCUT2D eigenvalue weighted by atomic mass is 10.5. The molecule has 1 heterocycles. The van der Waals surface area contributed by atoms with Gasteiger partial charge in [-0.2, -0.15) is 0 Å². The Balaban J connectivity index is 2.11. The van der Waals surface area contributed by atoms with Crippen LogP contribution in [0.15, 0.2) is 0 Å². The molecule has 0 saturated carbocycles. The lowest BCUT2D eigenvalue weighted by Crippen LogP contribution is -2.20. The molecule has 1 saturated heterocycles. The predicted octanol–water partition coefficient (Wildman–Crippen LogP) is 0.531. The summed E-state index contributed by atoms with van der Waals surface area (Å²) in [4.78, 5) is 10.5. The van der Waals surface area contributed by atoms with Crippen molar-refractivity contribution in [3.05, 3.63) is 0 Å². The molecule has 12 heavy (non-hydrogen) atoms. The highest BCUT2D eigenvalue weighted by Gasteiger charge is 2.23. The van der Waals surface area contributed by atoms with E-state index in [0.29, 0.717) is 6.61 Å². The van der Waals surface area contributed by atoms with Crippen LogP contribution in [0.1, 0.15) is 6.92 Å². The van der Waals surface area contributed by atoms with Gasteiger partial charge in [0, 0.05) is 0 Å². The van der Waals surface area contributed by atoms with Crippen LogP contribution in [0, 0.1) is 0 Å². The lowest BCUT2D eigenvalue weighted by molar-refractivity contribution is -0.0943. The molecule has 0 aromatic carbocycles. The molecule has 1 aliphatic heterocycles. The highest BCUT2D eigenvalue weighted by Crippen LogP contribution is 2.10. The Hall–Kier alpha value is -0.810. The minimum absolute atomic E-state index is 0.0660. The van der Waals surface area contributed by atoms with Gasteiger partial charge >= 0.3 is 6.16 Å². The molecule has 0 amide bonds. The van der Waals surface area contributed by atoms with Gasteiger partial charge in [0.05, 0.1) is 19.8 Å². The molecule has 70 valence electrons. The number of carbonyl (C=O) groups excluding carboxylic acids is 1. The first kappa shape index (κ1) is 9.28. The Morgan fingerprint density at radius 2 is 2.42 bits per heavy atom. The maximum Gasteiger partial charge on any atom is 0.508 e. The first-order valence-electron chi connectivity index (χ1n) is 3.70. The van der Waals surface area contributed by atoms with E-state index in [1.807, 2.05) is 6.92 Å². The second-order valence-electron chi connectivity index (χ2n) is 2.47. The van der Waals surface area contributed by atoms with E-state index in [1.165, 1.54) is 7.11 Å². The van der Waals surface area contributed by atoms with E-state index in [4.69, 9.17) is 9.47 Å². The van der Waals surface area contributed by atoms with E-state index in [-0.39, 0.29) is 12.7 Å². The van der Waals surface area contributed by atoms with Gasteiger partial charge in [0.25, 0.3) is 0 Å². The largest absolute Gasteiger partial charge is 0.508 e. The summed E-state index contributed by atoms with van der Waals surface area (Å²) in [6.07, 6.45) is -1.10. The fraction of sp³-hybridized carbons (Fsp3) is 0.857. The quantitative estimate of drug-likeness (QED) is 0.574. The maximum atomic E-state index is 10.5. The van der Waals surface area contributed by atoms with Gasteiger partial charge in [0.2, 0.25) is 0 Å². The van der Waals surface area contributed by atoms with Crippen LogP contribution < -0.4 is 0 Å². The second-order valence-corrected chi connectivity index (χ2v) is 2.47. The zero-order valence-corrected chi connectivity index (χ0v) is 7.11. The zero-order valence-electron chi connectivity index (χ0n) is 7.11. The van der Waals surface area contributed by atoms with Crippen LogP contribution in [-0.4, -0.2) is 38.9 Å². The predicted molar refractivity (Wildman–Crippen MR) is 38.6 cm³/mol. The second kappa shape index (κ2) is 4.27. The average molecular weight is 176 g/mol. The topological polar surface area (TPSA) is 54.0 Å². The first-order valence-corrected chi connectivity index (χ1v) is 3.70. The van der Waals surface area contributed by atoms with Gasteiger partial charge in [-0.1, -0.05) is 0 Å². The van der Waals surface area contributed by atoms with Crippen LogP contribution in [-0.2, 0) is 18.9 Å². The molecule has 0 aromatic heterocycles. The van der Waals surface area contributed by atoms with Gasteiger partial charge in [-0.05, 0) is 6.92 Å². The number of methoxy groups -OCH3 is 1. The van der Waals surface area contributed by atoms with Crippen LogP contribution in [0.4, 0.5) is 4.79 Å². The average Bonchev–Trinajstić information content (AvgIpc) is 2.47. The standard InChI is InChI=1S/C7H12O5/c1-5-3-10-6(12-5)4-11-7(8)9-2/h5-6H,3-4H2,1-2H3. The highest BCUT2D eigenvalue weighted by molar-refractivity contribution is 5.59. The minimum atomic E-state index is -0.721. The Kier molecular flexibility index (Phi) is 3.31. The van der Waals surface area contributed by atoms with Crippen molar-refractivity contribution >= 4 is 6.16 Å². The molecule has 1 aliphatic rings. The molecule has 0 aromatic rings. The van der Waals surface area contributed by atoms with E-state index in [2.05, 4.69) is 9.47 Å². The normalized spacial score (nSPS) is 28.5. The summed E-state index contributed by atoms with van der Waals surface area (Å²) in [6.45, 7) is 2.50. The lowest BCUT2D eigenvalue weighted by Gasteiger charge is -2.08. The molecule has 0 bridgehead atoms. The van der Waals surface area contributed by atoms with Gasteiger partial charge in [-0.3, -0.25) is 0 Å². The first-order chi connectivity index (χ1) is 5.72. The number of hydrogen-bond acceptors (Lipinski definition) is 5. The minimum Gasteiger partial charge on any atom is -0.438 e. The summed E-state index contributed by atoms with van der Waals surface area (Å²) >= 11 is 0. The van der Waals surface area contributed by atoms with Crippen LogP contribution in [0.25, 0.3) is 0 Å². The third-order valence-corrected chi connectivity index (χ3v) is 1.40. The molecule has 0 aliphatic carbocycles. The van der Waals surface area contributed by atoms with Gasteiger partial charge in [0.1, 0.15) is 6.61 Å². The van der Waals surface area contributed by atoms with E-state index in [0.717, 1.165) is 0 Å². The molecule has 0 spiro atoms. The molecule has 0 N–H and O–H groups in total. The van der Waals surface area contributed by atoms with Crippen molar-refractivity contribution in [1.29, 1.82) is 0 Å². The van der Waals surface area contributed by atoms with Crippen LogP contribution >= 0.6 is 0 Å². The summed E-state index contributed by atoms with van der Waals surface area (Å²) in [5.41, 5.74) is 0. The Morgan fingerprint density at radius 1 is 1.67 bits per heavy atom. The maximum absolute atomic E-state index is 10.5. The van der Waals surface area contributed by atoms with Crippen molar-refractivity contribution in [3.8, 4) is 0 Å². The molecule has 0 radical (unpaired) electrons. The van der Waals surface area contributed by atoms with Gasteiger partial charge < -0.3 is 18.9 Å². The van der Waals surface area contributed by atoms with Crippen molar-refractivity contribution in [2.24, 2.45) is 0 Å². The third-order valence-electron chi connectivity index (χ3n) is 1.40. The van der Waals surface area contributed by atoms with Crippen LogP contribution in [0.2, 0.25) is 0 Å². The highest BCUT2D eigenvalue weighted by atomic mass is 16.8. The van der Waals surface area contributed by atoms with Crippen molar-refractivity contribution in [2.45, 2.75) is 19.3 Å². The van der Waals surface area contributed by atoms with Gasteiger partial charge in [-0.25, -0.2) is 4.79 Å². The molecule has 5 nitrogen and oxygen atoms in total. The van der Waals surface area contributed by atoms with Crippen molar-refractivity contribution in [1.82, 2.24) is 0 Å². The van der Waals surface area contributed by atoms with E-state index >= 15 is 0 Å². The summed E-state index contributed by atoms with van der Waals surface area (Å²) in [5.74, 6) is 0. The van der Waals surface area contributed by atoms with Crippen molar-refractivity contribution in [3.63, 3.8) is 0 Å². The number of hydrogen-bond donors (Lipinski definition) is 0. The van der Waals surface area contributed by atoms with E-state index in [1.54, 1.807) is 0 Å². The molecule has 1 rings (SSSR count). The van der Waals surface area contributed by atoms with Crippen molar-refractivity contribution in [2.75, 3.05) is 20.3 Å². The Morgan fingerprint density at radius 3 is 2.92 bits per heavy atom. The molecular weight excluding hydrogens is 164 g/mol. The smallest absolute Gasteiger partial charge is 0.438 e. The van der Waals surface area contributed by atoms with E-state index in [9.17, 15) is 4.79 Å². The summed E-state index contributed by atoms with van der Waals surface area (Å²) < 4.78 is 19.2. The fourth-order valence-corrected chi connectivity index (χ4v) is 0.863. The molecule has 5 heteroatoms. The molecule has 1 fully saturated rings. The SMILES string of the molecule is COC(=O)OCC1OCC(C)O1. The molecule has 2 atom stereocenters. The number of rotatable bonds is 2. The van der Waals surface area contributed by atoms with Gasteiger partial charge in [0.15, 0.2) is 6.29 Å². The van der Waals surface area contributed by atoms with Gasteiger partial charge in [-0.15, -0.1) is 0 Å². The monoisotopic (exact) mass is 176 g/mol. The summed E-state index contributed by atoms with van der Waals surface area (Å²) in [5, 5.41) is 0.